The smallest absolute Gasteiger partial charge is 0.133 e. The number of carbonyl (C=O) groups is 1. The van der Waals surface area contributed by atoms with Crippen LogP contribution in [0.3, 0.4) is 0 Å². The highest BCUT2D eigenvalue weighted by Gasteiger charge is 2.15. The summed E-state index contributed by atoms with van der Waals surface area (Å²) in [6, 6.07) is 0. The van der Waals surface area contributed by atoms with Crippen LogP contribution < -0.4 is 0 Å². The highest BCUT2D eigenvalue weighted by atomic mass is 32.1. The van der Waals surface area contributed by atoms with Gasteiger partial charge in [0.05, 0.1) is 10.7 Å². The van der Waals surface area contributed by atoms with E-state index in [2.05, 4.69) is 18.8 Å². The summed E-state index contributed by atoms with van der Waals surface area (Å²) in [5.74, 6) is 0.429. The Bertz CT molecular complexity index is 311. The molecule has 14 heavy (non-hydrogen) atoms. The first kappa shape index (κ1) is 11.4. The maximum Gasteiger partial charge on any atom is 0.133 e. The molecule has 0 N–H and O–H groups in total. The molecule has 1 aromatic rings. The Kier molecular flexibility index (Phi) is 3.81. The first-order valence-electron chi connectivity index (χ1n) is 4.98. The zero-order chi connectivity index (χ0) is 10.7. The molecule has 0 saturated carbocycles. The normalized spacial score (nSPS) is 12.9. The molecule has 0 aromatic carbocycles. The van der Waals surface area contributed by atoms with Crippen molar-refractivity contribution in [1.29, 1.82) is 0 Å². The van der Waals surface area contributed by atoms with Gasteiger partial charge in [-0.2, -0.15) is 0 Å². The molecular formula is C11H17NOS. The fraction of sp³-hybridized carbons (Fsp3) is 0.636. The second kappa shape index (κ2) is 4.69. The average molecular weight is 211 g/mol. The number of thiazole rings is 1. The van der Waals surface area contributed by atoms with Crippen LogP contribution in [-0.4, -0.2) is 10.8 Å². The van der Waals surface area contributed by atoms with Crippen LogP contribution in [0.25, 0.3) is 0 Å². The number of rotatable bonds is 4. The number of ketones is 1. The molecule has 0 aliphatic carbocycles. The van der Waals surface area contributed by atoms with Crippen LogP contribution in [0.4, 0.5) is 0 Å². The molecule has 0 amide bonds. The van der Waals surface area contributed by atoms with Gasteiger partial charge in [-0.15, -0.1) is 11.3 Å². The Labute approximate surface area is 89.4 Å². The minimum Gasteiger partial charge on any atom is -0.300 e. The predicted molar refractivity (Wildman–Crippen MR) is 59.8 cm³/mol. The van der Waals surface area contributed by atoms with E-state index in [9.17, 15) is 4.79 Å². The van der Waals surface area contributed by atoms with Gasteiger partial charge in [0.25, 0.3) is 0 Å². The van der Waals surface area contributed by atoms with Gasteiger partial charge < -0.3 is 0 Å². The molecule has 78 valence electrons. The molecule has 1 atom stereocenters. The number of hydrogen-bond acceptors (Lipinski definition) is 3. The molecule has 0 aliphatic heterocycles. The lowest BCUT2D eigenvalue weighted by Gasteiger charge is -2.07. The predicted octanol–water partition coefficient (Wildman–Crippen LogP) is 2.92. The Balaban J connectivity index is 2.72. The average Bonchev–Trinajstić information content (AvgIpc) is 2.41. The Hall–Kier alpha value is -0.700. The van der Waals surface area contributed by atoms with E-state index in [1.807, 2.05) is 6.92 Å². The van der Waals surface area contributed by atoms with Gasteiger partial charge in [-0.1, -0.05) is 6.92 Å². The van der Waals surface area contributed by atoms with Gasteiger partial charge in [0.2, 0.25) is 0 Å². The van der Waals surface area contributed by atoms with Crippen molar-refractivity contribution in [2.24, 2.45) is 5.92 Å². The van der Waals surface area contributed by atoms with Crippen LogP contribution >= 0.6 is 11.3 Å². The zero-order valence-electron chi connectivity index (χ0n) is 9.26. The monoisotopic (exact) mass is 211 g/mol. The second-order valence-corrected chi connectivity index (χ2v) is 4.96. The highest BCUT2D eigenvalue weighted by Crippen LogP contribution is 2.21. The molecule has 0 bridgehead atoms. The fourth-order valence-electron chi connectivity index (χ4n) is 1.41. The van der Waals surface area contributed by atoms with E-state index in [0.29, 0.717) is 0 Å². The van der Waals surface area contributed by atoms with Gasteiger partial charge in [-0.3, -0.25) is 4.79 Å². The van der Waals surface area contributed by atoms with E-state index in [1.165, 1.54) is 4.88 Å². The summed E-state index contributed by atoms with van der Waals surface area (Å²) in [7, 11) is 0. The van der Waals surface area contributed by atoms with E-state index in [4.69, 9.17) is 0 Å². The molecule has 1 aromatic heterocycles. The molecule has 2 nitrogen and oxygen atoms in total. The van der Waals surface area contributed by atoms with Crippen molar-refractivity contribution in [3.63, 3.8) is 0 Å². The first-order valence-corrected chi connectivity index (χ1v) is 5.79. The van der Waals surface area contributed by atoms with E-state index < -0.39 is 0 Å². The minimum atomic E-state index is 0.153. The van der Waals surface area contributed by atoms with E-state index in [-0.39, 0.29) is 11.7 Å². The zero-order valence-corrected chi connectivity index (χ0v) is 10.1. The second-order valence-electron chi connectivity index (χ2n) is 3.67. The van der Waals surface area contributed by atoms with E-state index in [1.54, 1.807) is 18.3 Å². The van der Waals surface area contributed by atoms with Gasteiger partial charge >= 0.3 is 0 Å². The fourth-order valence-corrected chi connectivity index (χ4v) is 2.43. The number of hydrogen-bond donors (Lipinski definition) is 0. The topological polar surface area (TPSA) is 30.0 Å². The van der Waals surface area contributed by atoms with Crippen molar-refractivity contribution in [3.05, 3.63) is 15.6 Å². The summed E-state index contributed by atoms with van der Waals surface area (Å²) >= 11 is 1.71. The Morgan fingerprint density at radius 1 is 1.50 bits per heavy atom. The Morgan fingerprint density at radius 2 is 2.14 bits per heavy atom. The van der Waals surface area contributed by atoms with Crippen molar-refractivity contribution in [1.82, 2.24) is 4.98 Å². The third-order valence-corrected chi connectivity index (χ3v) is 3.66. The molecule has 0 spiro atoms. The van der Waals surface area contributed by atoms with Crippen molar-refractivity contribution >= 4 is 17.1 Å². The molecular weight excluding hydrogens is 194 g/mol. The van der Waals surface area contributed by atoms with Crippen LogP contribution in [0.1, 0.15) is 35.8 Å². The third-order valence-electron chi connectivity index (χ3n) is 2.56. The molecule has 1 unspecified atom stereocenters. The number of aryl methyl sites for hydroxylation is 2. The van der Waals surface area contributed by atoms with Gasteiger partial charge in [-0.25, -0.2) is 4.98 Å². The lowest BCUT2D eigenvalue weighted by molar-refractivity contribution is -0.120. The van der Waals surface area contributed by atoms with Crippen LogP contribution in [0.2, 0.25) is 0 Å². The van der Waals surface area contributed by atoms with Crippen molar-refractivity contribution in [3.8, 4) is 0 Å². The van der Waals surface area contributed by atoms with Crippen molar-refractivity contribution < 1.29 is 4.79 Å². The lowest BCUT2D eigenvalue weighted by Crippen LogP contribution is -2.12. The summed E-state index contributed by atoms with van der Waals surface area (Å²) in [4.78, 5) is 17.0. The van der Waals surface area contributed by atoms with Gasteiger partial charge in [-0.05, 0) is 27.2 Å². The lowest BCUT2D eigenvalue weighted by atomic mass is 9.99. The maximum atomic E-state index is 11.2. The number of nitrogens with zero attached hydrogens (tertiary/aromatic N) is 1. The van der Waals surface area contributed by atoms with Crippen molar-refractivity contribution in [2.45, 2.75) is 40.5 Å². The summed E-state index contributed by atoms with van der Waals surface area (Å²) in [5.41, 5.74) is 1.10. The summed E-state index contributed by atoms with van der Waals surface area (Å²) in [6.07, 6.45) is 1.72. The molecule has 0 aliphatic rings. The molecule has 1 rings (SSSR count). The number of carbonyl (C=O) groups excluding carboxylic acids is 1. The first-order chi connectivity index (χ1) is 6.54. The summed E-state index contributed by atoms with van der Waals surface area (Å²) in [6.45, 7) is 7.82. The SMILES string of the molecule is CCC(Cc1nc(C)c(C)s1)C(C)=O. The van der Waals surface area contributed by atoms with Crippen LogP contribution in [0, 0.1) is 19.8 Å². The highest BCUT2D eigenvalue weighted by molar-refractivity contribution is 7.11. The van der Waals surface area contributed by atoms with Crippen LogP contribution in [0.5, 0.6) is 0 Å². The van der Waals surface area contributed by atoms with E-state index in [0.717, 1.165) is 23.5 Å². The van der Waals surface area contributed by atoms with Crippen LogP contribution in [0.15, 0.2) is 0 Å². The largest absolute Gasteiger partial charge is 0.300 e. The van der Waals surface area contributed by atoms with Gasteiger partial charge in [0.1, 0.15) is 5.78 Å². The third kappa shape index (κ3) is 2.64. The van der Waals surface area contributed by atoms with Crippen LogP contribution in [-0.2, 0) is 11.2 Å². The summed E-state index contributed by atoms with van der Waals surface area (Å²) in [5, 5.41) is 1.10. The van der Waals surface area contributed by atoms with E-state index >= 15 is 0 Å². The van der Waals surface area contributed by atoms with Crippen molar-refractivity contribution in [2.75, 3.05) is 0 Å². The molecule has 1 heterocycles. The molecule has 0 saturated heterocycles. The Morgan fingerprint density at radius 3 is 2.50 bits per heavy atom. The minimum absolute atomic E-state index is 0.153. The maximum absolute atomic E-state index is 11.2. The summed E-state index contributed by atoms with van der Waals surface area (Å²) < 4.78 is 0. The number of Topliss-reactive ketones (excluding diaryl/α,β-unsaturated/α-hetero) is 1. The van der Waals surface area contributed by atoms with Gasteiger partial charge in [0.15, 0.2) is 0 Å². The standard InChI is InChI=1S/C11H17NOS/c1-5-10(8(3)13)6-11-12-7(2)9(4)14-11/h10H,5-6H2,1-4H3. The molecule has 3 heteroatoms. The quantitative estimate of drug-likeness (QED) is 0.766. The molecule has 0 radical (unpaired) electrons. The van der Waals surface area contributed by atoms with Gasteiger partial charge in [0, 0.05) is 17.2 Å². The molecule has 0 fully saturated rings. The number of aromatic nitrogens is 1.